The number of hydrogen-bond donors (Lipinski definition) is 1. The van der Waals surface area contributed by atoms with Crippen LogP contribution in [0.15, 0.2) is 22.5 Å². The Hall–Kier alpha value is -1.80. The van der Waals surface area contributed by atoms with Crippen LogP contribution < -0.4 is 14.8 Å². The minimum absolute atomic E-state index is 0.0519. The van der Waals surface area contributed by atoms with Gasteiger partial charge in [0.1, 0.15) is 0 Å². The summed E-state index contributed by atoms with van der Waals surface area (Å²) >= 11 is 3.13. The topological polar surface area (TPSA) is 73.3 Å². The van der Waals surface area contributed by atoms with E-state index >= 15 is 0 Å². The Labute approximate surface area is 143 Å². The van der Waals surface area contributed by atoms with E-state index in [-0.39, 0.29) is 12.3 Å². The highest BCUT2D eigenvalue weighted by Crippen LogP contribution is 2.28. The van der Waals surface area contributed by atoms with Gasteiger partial charge in [-0.25, -0.2) is 0 Å². The molecule has 0 spiro atoms. The molecule has 0 atom stereocenters. The van der Waals surface area contributed by atoms with Gasteiger partial charge in [-0.3, -0.25) is 4.79 Å². The molecule has 0 aliphatic carbocycles. The number of nitrogens with one attached hydrogen (secondary N) is 1. The summed E-state index contributed by atoms with van der Waals surface area (Å²) in [5.74, 6) is 2.09. The van der Waals surface area contributed by atoms with Crippen molar-refractivity contribution in [3.63, 3.8) is 0 Å². The van der Waals surface area contributed by atoms with Crippen molar-refractivity contribution in [1.82, 2.24) is 10.2 Å². The molecule has 0 saturated heterocycles. The highest BCUT2D eigenvalue weighted by atomic mass is 32.2. The summed E-state index contributed by atoms with van der Waals surface area (Å²) in [7, 11) is 3.10. The van der Waals surface area contributed by atoms with Crippen molar-refractivity contribution in [2.24, 2.45) is 0 Å². The Morgan fingerprint density at radius 1 is 1.26 bits per heavy atom. The third-order valence-corrected chi connectivity index (χ3v) is 5.16. The van der Waals surface area contributed by atoms with E-state index in [4.69, 9.17) is 9.47 Å². The second-order valence-corrected chi connectivity index (χ2v) is 6.89. The summed E-state index contributed by atoms with van der Waals surface area (Å²) < 4.78 is 11.3. The summed E-state index contributed by atoms with van der Waals surface area (Å²) in [4.78, 5) is 12.3. The van der Waals surface area contributed by atoms with Crippen molar-refractivity contribution < 1.29 is 14.3 Å². The van der Waals surface area contributed by atoms with Crippen LogP contribution in [0.3, 0.4) is 0 Å². The van der Waals surface area contributed by atoms with E-state index < -0.39 is 0 Å². The fraction of sp³-hybridized carbons (Fsp3) is 0.400. The Kier molecular flexibility index (Phi) is 6.66. The zero-order valence-electron chi connectivity index (χ0n) is 13.3. The zero-order chi connectivity index (χ0) is 16.7. The molecule has 0 radical (unpaired) electrons. The number of methoxy groups -OCH3 is 2. The molecule has 1 aromatic carbocycles. The average Bonchev–Trinajstić information content (AvgIpc) is 3.05. The first-order valence-electron chi connectivity index (χ1n) is 7.13. The molecular formula is C15H19N3O3S2. The number of aromatic nitrogens is 2. The minimum atomic E-state index is -0.0519. The van der Waals surface area contributed by atoms with Crippen LogP contribution in [-0.2, 0) is 0 Å². The van der Waals surface area contributed by atoms with E-state index in [1.54, 1.807) is 44.2 Å². The standard InChI is InChI=1S/C15H19N3O3S2/c1-4-7-22-15-18-17-14(23-15)16-9-11(19)10-5-6-12(20-2)13(8-10)21-3/h5-6,8H,4,7,9H2,1-3H3,(H,16,17). The fourth-order valence-electron chi connectivity index (χ4n) is 1.80. The van der Waals surface area contributed by atoms with E-state index in [1.807, 2.05) is 0 Å². The van der Waals surface area contributed by atoms with Crippen molar-refractivity contribution in [3.8, 4) is 11.5 Å². The van der Waals surface area contributed by atoms with Crippen LogP contribution in [0, 0.1) is 0 Å². The van der Waals surface area contributed by atoms with E-state index in [0.717, 1.165) is 16.5 Å². The predicted molar refractivity (Wildman–Crippen MR) is 93.3 cm³/mol. The summed E-state index contributed by atoms with van der Waals surface area (Å²) in [6.45, 7) is 2.28. The lowest BCUT2D eigenvalue weighted by molar-refractivity contribution is 0.101. The Morgan fingerprint density at radius 2 is 2.04 bits per heavy atom. The summed E-state index contributed by atoms with van der Waals surface area (Å²) in [5, 5.41) is 11.8. The number of anilines is 1. The van der Waals surface area contributed by atoms with Crippen molar-refractivity contribution in [1.29, 1.82) is 0 Å². The Balaban J connectivity index is 1.95. The number of carbonyl (C=O) groups is 1. The summed E-state index contributed by atoms with van der Waals surface area (Å²) in [6, 6.07) is 5.11. The van der Waals surface area contributed by atoms with Gasteiger partial charge >= 0.3 is 0 Å². The number of thioether (sulfide) groups is 1. The van der Waals surface area contributed by atoms with Gasteiger partial charge in [-0.1, -0.05) is 30.0 Å². The van der Waals surface area contributed by atoms with Gasteiger partial charge in [-0.15, -0.1) is 10.2 Å². The van der Waals surface area contributed by atoms with Crippen LogP contribution in [-0.4, -0.2) is 42.5 Å². The fourth-order valence-corrected chi connectivity index (χ4v) is 3.47. The van der Waals surface area contributed by atoms with Crippen LogP contribution in [0.5, 0.6) is 11.5 Å². The van der Waals surface area contributed by atoms with Crippen molar-refractivity contribution in [2.45, 2.75) is 17.7 Å². The van der Waals surface area contributed by atoms with Gasteiger partial charge in [-0.05, 0) is 24.6 Å². The molecule has 0 bridgehead atoms. The van der Waals surface area contributed by atoms with Gasteiger partial charge in [0, 0.05) is 11.3 Å². The van der Waals surface area contributed by atoms with Gasteiger partial charge in [-0.2, -0.15) is 0 Å². The number of nitrogens with zero attached hydrogens (tertiary/aromatic N) is 2. The monoisotopic (exact) mass is 353 g/mol. The van der Waals surface area contributed by atoms with E-state index in [1.165, 1.54) is 11.3 Å². The largest absolute Gasteiger partial charge is 0.493 e. The molecule has 1 heterocycles. The normalized spacial score (nSPS) is 10.4. The maximum atomic E-state index is 12.3. The number of rotatable bonds is 9. The zero-order valence-corrected chi connectivity index (χ0v) is 14.9. The lowest BCUT2D eigenvalue weighted by atomic mass is 10.1. The molecule has 124 valence electrons. The van der Waals surface area contributed by atoms with Crippen molar-refractivity contribution >= 4 is 34.0 Å². The molecule has 2 rings (SSSR count). The highest BCUT2D eigenvalue weighted by molar-refractivity contribution is 8.01. The first kappa shape index (κ1) is 17.6. The number of carbonyl (C=O) groups excluding carboxylic acids is 1. The third kappa shape index (κ3) is 4.84. The molecule has 1 aromatic heterocycles. The van der Waals surface area contributed by atoms with E-state index in [9.17, 15) is 4.79 Å². The van der Waals surface area contributed by atoms with E-state index in [0.29, 0.717) is 22.2 Å². The number of benzene rings is 1. The van der Waals surface area contributed by atoms with Crippen molar-refractivity contribution in [2.75, 3.05) is 31.8 Å². The first-order valence-corrected chi connectivity index (χ1v) is 8.93. The molecule has 23 heavy (non-hydrogen) atoms. The molecular weight excluding hydrogens is 334 g/mol. The number of Topliss-reactive ketones (excluding diaryl/α,β-unsaturated/α-hetero) is 1. The molecule has 8 heteroatoms. The lowest BCUT2D eigenvalue weighted by Crippen LogP contribution is -2.14. The molecule has 6 nitrogen and oxygen atoms in total. The quantitative estimate of drug-likeness (QED) is 0.547. The maximum Gasteiger partial charge on any atom is 0.206 e. The highest BCUT2D eigenvalue weighted by Gasteiger charge is 2.12. The van der Waals surface area contributed by atoms with Gasteiger partial charge < -0.3 is 14.8 Å². The number of ketones is 1. The van der Waals surface area contributed by atoms with Crippen LogP contribution in [0.1, 0.15) is 23.7 Å². The molecule has 0 unspecified atom stereocenters. The van der Waals surface area contributed by atoms with E-state index in [2.05, 4.69) is 22.4 Å². The second kappa shape index (κ2) is 8.73. The number of ether oxygens (including phenoxy) is 2. The van der Waals surface area contributed by atoms with Crippen LogP contribution in [0.2, 0.25) is 0 Å². The van der Waals surface area contributed by atoms with Gasteiger partial charge in [0.25, 0.3) is 0 Å². The molecule has 2 aromatic rings. The predicted octanol–water partition coefficient (Wildman–Crippen LogP) is 3.35. The molecule has 0 aliphatic heterocycles. The molecule has 0 fully saturated rings. The molecule has 0 amide bonds. The van der Waals surface area contributed by atoms with Crippen LogP contribution in [0.4, 0.5) is 5.13 Å². The van der Waals surface area contributed by atoms with Crippen LogP contribution in [0.25, 0.3) is 0 Å². The average molecular weight is 353 g/mol. The second-order valence-electron chi connectivity index (χ2n) is 4.57. The number of hydrogen-bond acceptors (Lipinski definition) is 8. The molecule has 0 aliphatic rings. The summed E-state index contributed by atoms with van der Waals surface area (Å²) in [6.07, 6.45) is 1.09. The third-order valence-electron chi connectivity index (χ3n) is 2.94. The summed E-state index contributed by atoms with van der Waals surface area (Å²) in [5.41, 5.74) is 0.556. The Morgan fingerprint density at radius 3 is 2.74 bits per heavy atom. The van der Waals surface area contributed by atoms with Gasteiger partial charge in [0.2, 0.25) is 5.13 Å². The maximum absolute atomic E-state index is 12.3. The first-order chi connectivity index (χ1) is 11.2. The minimum Gasteiger partial charge on any atom is -0.493 e. The van der Waals surface area contributed by atoms with Gasteiger partial charge in [0.15, 0.2) is 21.6 Å². The van der Waals surface area contributed by atoms with Crippen LogP contribution >= 0.6 is 23.1 Å². The van der Waals surface area contributed by atoms with Crippen molar-refractivity contribution in [3.05, 3.63) is 23.8 Å². The molecule has 0 saturated carbocycles. The Bertz CT molecular complexity index is 661. The molecule has 1 N–H and O–H groups in total. The SMILES string of the molecule is CCCSc1nnc(NCC(=O)c2ccc(OC)c(OC)c2)s1. The smallest absolute Gasteiger partial charge is 0.206 e. The van der Waals surface area contributed by atoms with Gasteiger partial charge in [0.05, 0.1) is 20.8 Å². The lowest BCUT2D eigenvalue weighted by Gasteiger charge is -2.09.